The molecular formula is C13H11BrN2O. The van der Waals surface area contributed by atoms with Crippen molar-refractivity contribution in [2.45, 2.75) is 0 Å². The highest BCUT2D eigenvalue weighted by Crippen LogP contribution is 2.21. The topological polar surface area (TPSA) is 34.5 Å². The van der Waals surface area contributed by atoms with Crippen LogP contribution in [-0.2, 0) is 0 Å². The lowest BCUT2D eigenvalue weighted by atomic mass is 10.2. The minimum Gasteiger partial charge on any atom is -0.496 e. The molecule has 0 aliphatic carbocycles. The number of hydrogen-bond donors (Lipinski definition) is 0. The van der Waals surface area contributed by atoms with Crippen molar-refractivity contribution in [3.05, 3.63) is 52.6 Å². The monoisotopic (exact) mass is 290 g/mol. The van der Waals surface area contributed by atoms with Crippen molar-refractivity contribution in [1.82, 2.24) is 4.98 Å². The van der Waals surface area contributed by atoms with Gasteiger partial charge in [-0.15, -0.1) is 0 Å². The number of ether oxygens (including phenoxy) is 1. The van der Waals surface area contributed by atoms with Crippen molar-refractivity contribution in [2.75, 3.05) is 7.11 Å². The standard InChI is InChI=1S/C13H11BrN2O/c1-17-12-6-5-11(14)8-10(12)9-16-13-4-2-3-7-15-13/h2-9H,1H3/b16-9+. The minimum atomic E-state index is 0.675. The number of benzene rings is 1. The Hall–Kier alpha value is -1.68. The molecule has 0 fully saturated rings. The van der Waals surface area contributed by atoms with Gasteiger partial charge in [-0.3, -0.25) is 0 Å². The molecule has 0 amide bonds. The number of rotatable bonds is 3. The van der Waals surface area contributed by atoms with Crippen molar-refractivity contribution in [3.8, 4) is 5.75 Å². The van der Waals surface area contributed by atoms with Crippen LogP contribution in [-0.4, -0.2) is 18.3 Å². The quantitative estimate of drug-likeness (QED) is 0.810. The molecule has 0 atom stereocenters. The third-order valence-corrected chi connectivity index (χ3v) is 2.67. The van der Waals surface area contributed by atoms with E-state index in [1.807, 2.05) is 36.4 Å². The molecule has 0 N–H and O–H groups in total. The molecule has 86 valence electrons. The van der Waals surface area contributed by atoms with Crippen molar-refractivity contribution in [1.29, 1.82) is 0 Å². The molecule has 0 saturated carbocycles. The molecule has 0 saturated heterocycles. The Kier molecular flexibility index (Phi) is 3.88. The van der Waals surface area contributed by atoms with Crippen molar-refractivity contribution in [2.24, 2.45) is 4.99 Å². The molecule has 1 aromatic heterocycles. The molecule has 0 aliphatic heterocycles. The summed E-state index contributed by atoms with van der Waals surface area (Å²) in [5.74, 6) is 1.46. The predicted molar refractivity (Wildman–Crippen MR) is 72.2 cm³/mol. The molecule has 1 aromatic carbocycles. The Bertz CT molecular complexity index is 526. The molecule has 1 heterocycles. The summed E-state index contributed by atoms with van der Waals surface area (Å²) in [6, 6.07) is 11.4. The average Bonchev–Trinajstić information content (AvgIpc) is 2.38. The lowest BCUT2D eigenvalue weighted by Gasteiger charge is -2.04. The fourth-order valence-electron chi connectivity index (χ4n) is 1.37. The summed E-state index contributed by atoms with van der Waals surface area (Å²) in [5, 5.41) is 0. The molecule has 17 heavy (non-hydrogen) atoms. The van der Waals surface area contributed by atoms with Gasteiger partial charge < -0.3 is 4.74 Å². The summed E-state index contributed by atoms with van der Waals surface area (Å²) in [7, 11) is 1.64. The highest BCUT2D eigenvalue weighted by molar-refractivity contribution is 9.10. The van der Waals surface area contributed by atoms with Crippen LogP contribution in [0.2, 0.25) is 0 Å². The second-order valence-corrected chi connectivity index (χ2v) is 4.25. The van der Waals surface area contributed by atoms with Crippen LogP contribution < -0.4 is 4.74 Å². The van der Waals surface area contributed by atoms with Gasteiger partial charge in [-0.25, -0.2) is 9.98 Å². The maximum Gasteiger partial charge on any atom is 0.151 e. The van der Waals surface area contributed by atoms with Crippen LogP contribution in [0.3, 0.4) is 0 Å². The van der Waals surface area contributed by atoms with Crippen LogP contribution in [0.15, 0.2) is 52.1 Å². The van der Waals surface area contributed by atoms with Crippen LogP contribution >= 0.6 is 15.9 Å². The number of pyridine rings is 1. The molecule has 0 radical (unpaired) electrons. The number of hydrogen-bond acceptors (Lipinski definition) is 3. The second-order valence-electron chi connectivity index (χ2n) is 3.33. The Morgan fingerprint density at radius 2 is 2.18 bits per heavy atom. The van der Waals surface area contributed by atoms with E-state index in [4.69, 9.17) is 4.74 Å². The second kappa shape index (κ2) is 5.59. The molecule has 0 spiro atoms. The summed E-state index contributed by atoms with van der Waals surface area (Å²) in [4.78, 5) is 8.41. The fourth-order valence-corrected chi connectivity index (χ4v) is 1.75. The summed E-state index contributed by atoms with van der Waals surface area (Å²) in [5.41, 5.74) is 0.910. The zero-order valence-corrected chi connectivity index (χ0v) is 10.9. The van der Waals surface area contributed by atoms with Gasteiger partial charge in [-0.1, -0.05) is 22.0 Å². The lowest BCUT2D eigenvalue weighted by Crippen LogP contribution is -1.90. The van der Waals surface area contributed by atoms with Gasteiger partial charge in [0, 0.05) is 22.4 Å². The Morgan fingerprint density at radius 1 is 1.29 bits per heavy atom. The highest BCUT2D eigenvalue weighted by atomic mass is 79.9. The zero-order chi connectivity index (χ0) is 12.1. The normalized spacial score (nSPS) is 10.7. The zero-order valence-electron chi connectivity index (χ0n) is 9.30. The van der Waals surface area contributed by atoms with Crippen LogP contribution in [0, 0.1) is 0 Å². The molecule has 0 bridgehead atoms. The first-order valence-corrected chi connectivity index (χ1v) is 5.87. The third-order valence-electron chi connectivity index (χ3n) is 2.18. The largest absolute Gasteiger partial charge is 0.496 e. The first-order valence-electron chi connectivity index (χ1n) is 5.08. The van der Waals surface area contributed by atoms with Gasteiger partial charge >= 0.3 is 0 Å². The maximum absolute atomic E-state index is 5.26. The fraction of sp³-hybridized carbons (Fsp3) is 0.0769. The summed E-state index contributed by atoms with van der Waals surface area (Å²) in [6.07, 6.45) is 3.46. The predicted octanol–water partition coefficient (Wildman–Crippen LogP) is 3.60. The molecule has 2 aromatic rings. The van der Waals surface area contributed by atoms with E-state index in [-0.39, 0.29) is 0 Å². The van der Waals surface area contributed by atoms with Gasteiger partial charge in [0.25, 0.3) is 0 Å². The van der Waals surface area contributed by atoms with Crippen LogP contribution in [0.4, 0.5) is 5.82 Å². The number of methoxy groups -OCH3 is 1. The van der Waals surface area contributed by atoms with Gasteiger partial charge in [-0.2, -0.15) is 0 Å². The summed E-state index contributed by atoms with van der Waals surface area (Å²) >= 11 is 3.42. The van der Waals surface area contributed by atoms with Crippen molar-refractivity contribution < 1.29 is 4.74 Å². The number of halogens is 1. The van der Waals surface area contributed by atoms with Crippen LogP contribution in [0.1, 0.15) is 5.56 Å². The van der Waals surface area contributed by atoms with E-state index in [2.05, 4.69) is 25.9 Å². The lowest BCUT2D eigenvalue weighted by molar-refractivity contribution is 0.414. The number of aliphatic imine (C=N–C) groups is 1. The highest BCUT2D eigenvalue weighted by Gasteiger charge is 2.00. The van der Waals surface area contributed by atoms with E-state index in [0.29, 0.717) is 5.82 Å². The number of aromatic nitrogens is 1. The third kappa shape index (κ3) is 3.14. The Balaban J connectivity index is 2.29. The average molecular weight is 291 g/mol. The van der Waals surface area contributed by atoms with Crippen molar-refractivity contribution in [3.63, 3.8) is 0 Å². The van der Waals surface area contributed by atoms with E-state index < -0.39 is 0 Å². The molecule has 0 unspecified atom stereocenters. The van der Waals surface area contributed by atoms with E-state index in [9.17, 15) is 0 Å². The van der Waals surface area contributed by atoms with Gasteiger partial charge in [0.05, 0.1) is 7.11 Å². The van der Waals surface area contributed by atoms with Gasteiger partial charge in [-0.05, 0) is 30.3 Å². The van der Waals surface area contributed by atoms with Crippen LogP contribution in [0.25, 0.3) is 0 Å². The van der Waals surface area contributed by atoms with E-state index in [0.717, 1.165) is 15.8 Å². The molecule has 0 aliphatic rings. The Labute approximate surface area is 108 Å². The number of nitrogens with zero attached hydrogens (tertiary/aromatic N) is 2. The summed E-state index contributed by atoms with van der Waals surface area (Å²) < 4.78 is 6.24. The first-order chi connectivity index (χ1) is 8.29. The molecule has 4 heteroatoms. The SMILES string of the molecule is COc1ccc(Br)cc1/C=N/c1ccccn1. The molecule has 3 nitrogen and oxygen atoms in total. The van der Waals surface area contributed by atoms with E-state index >= 15 is 0 Å². The van der Waals surface area contributed by atoms with Gasteiger partial charge in [0.2, 0.25) is 0 Å². The summed E-state index contributed by atoms with van der Waals surface area (Å²) in [6.45, 7) is 0. The van der Waals surface area contributed by atoms with E-state index in [1.165, 1.54) is 0 Å². The molecule has 2 rings (SSSR count). The van der Waals surface area contributed by atoms with Crippen LogP contribution in [0.5, 0.6) is 5.75 Å². The van der Waals surface area contributed by atoms with Crippen molar-refractivity contribution >= 4 is 28.0 Å². The van der Waals surface area contributed by atoms with Gasteiger partial charge in [0.15, 0.2) is 5.82 Å². The first kappa shape index (κ1) is 11.8. The maximum atomic E-state index is 5.26. The Morgan fingerprint density at radius 3 is 2.88 bits per heavy atom. The smallest absolute Gasteiger partial charge is 0.151 e. The van der Waals surface area contributed by atoms with Gasteiger partial charge in [0.1, 0.15) is 5.75 Å². The minimum absolute atomic E-state index is 0.675. The molecular weight excluding hydrogens is 280 g/mol. The van der Waals surface area contributed by atoms with E-state index in [1.54, 1.807) is 19.5 Å².